The smallest absolute Gasteiger partial charge is 0.412 e. The largest absolute Gasteiger partial charge is 2.00 e. The average Bonchev–Trinajstić information content (AvgIpc) is 0. The van der Waals surface area contributed by atoms with E-state index in [0.717, 1.165) is 0 Å². The van der Waals surface area contributed by atoms with Crippen molar-refractivity contribution < 1.29 is 33.5 Å². The molecule has 0 unspecified atom stereocenters. The van der Waals surface area contributed by atoms with Crippen LogP contribution in [0.2, 0.25) is 0 Å². The molecule has 0 saturated carbocycles. The molecule has 0 aliphatic carbocycles. The minimum atomic E-state index is 0. The van der Waals surface area contributed by atoms with Crippen LogP contribution in [-0.4, -0.2) is 16.4 Å². The summed E-state index contributed by atoms with van der Waals surface area (Å²) in [5, 5.41) is 0. The molecule has 0 aliphatic rings. The number of hydrogen-bond donors (Lipinski definition) is 0. The summed E-state index contributed by atoms with van der Waals surface area (Å²) < 4.78 is 0. The SMILES string of the molecule is O.O.O.[Fe+2]. The summed E-state index contributed by atoms with van der Waals surface area (Å²) >= 11 is 0. The molecule has 0 aliphatic heterocycles. The Labute approximate surface area is 34.4 Å². The van der Waals surface area contributed by atoms with E-state index in [-0.39, 0.29) is 33.5 Å². The summed E-state index contributed by atoms with van der Waals surface area (Å²) in [5.74, 6) is 0. The van der Waals surface area contributed by atoms with Gasteiger partial charge in [-0.15, -0.1) is 0 Å². The quantitative estimate of drug-likeness (QED) is 0.309. The first kappa shape index (κ1) is 319. The van der Waals surface area contributed by atoms with E-state index in [0.29, 0.717) is 0 Å². The van der Waals surface area contributed by atoms with E-state index in [1.54, 1.807) is 0 Å². The van der Waals surface area contributed by atoms with Crippen LogP contribution >= 0.6 is 0 Å². The molecule has 0 aromatic heterocycles. The van der Waals surface area contributed by atoms with Crippen LogP contribution in [0, 0.1) is 0 Å². The van der Waals surface area contributed by atoms with E-state index in [9.17, 15) is 0 Å². The molecule has 0 saturated heterocycles. The second-order valence-electron chi connectivity index (χ2n) is 0. The fraction of sp³-hybridized carbons (Fsp3) is 0. The maximum absolute atomic E-state index is 0. The summed E-state index contributed by atoms with van der Waals surface area (Å²) in [6.07, 6.45) is 0. The number of hydrogen-bond acceptors (Lipinski definition) is 0. The third-order valence-electron chi connectivity index (χ3n) is 0. The molecule has 4 heteroatoms. The number of rotatable bonds is 0. The Hall–Kier alpha value is 0.399. The molecule has 4 heavy (non-hydrogen) atoms. The predicted octanol–water partition coefficient (Wildman–Crippen LogP) is -2.48. The van der Waals surface area contributed by atoms with E-state index >= 15 is 0 Å². The van der Waals surface area contributed by atoms with Crippen LogP contribution in [0.5, 0.6) is 0 Å². The molecule has 6 N–H and O–H groups in total. The normalized spacial score (nSPS) is 0. The molecule has 0 radical (unpaired) electrons. The van der Waals surface area contributed by atoms with Gasteiger partial charge in [0.1, 0.15) is 0 Å². The molecule has 0 amide bonds. The molecule has 0 atom stereocenters. The minimum absolute atomic E-state index is 0. The summed E-state index contributed by atoms with van der Waals surface area (Å²) in [4.78, 5) is 0. The third kappa shape index (κ3) is 29.4. The van der Waals surface area contributed by atoms with Gasteiger partial charge in [0.15, 0.2) is 0 Å². The molecular formula is H6FeO3+2. The monoisotopic (exact) mass is 110 g/mol. The van der Waals surface area contributed by atoms with Gasteiger partial charge >= 0.3 is 17.1 Å². The summed E-state index contributed by atoms with van der Waals surface area (Å²) in [7, 11) is 0. The van der Waals surface area contributed by atoms with Crippen LogP contribution in [0.3, 0.4) is 0 Å². The molecular weight excluding hydrogens is 104 g/mol. The van der Waals surface area contributed by atoms with E-state index in [4.69, 9.17) is 0 Å². The molecule has 0 bridgehead atoms. The van der Waals surface area contributed by atoms with Gasteiger partial charge in [-0.1, -0.05) is 0 Å². The van der Waals surface area contributed by atoms with Crippen molar-refractivity contribution in [2.24, 2.45) is 0 Å². The van der Waals surface area contributed by atoms with Gasteiger partial charge in [-0.05, 0) is 0 Å². The van der Waals surface area contributed by atoms with Crippen molar-refractivity contribution in [1.29, 1.82) is 0 Å². The molecule has 0 spiro atoms. The summed E-state index contributed by atoms with van der Waals surface area (Å²) in [5.41, 5.74) is 0. The molecule has 0 heterocycles. The van der Waals surface area contributed by atoms with Crippen molar-refractivity contribution in [1.82, 2.24) is 0 Å². The predicted molar refractivity (Wildman–Crippen MR) is 10.8 cm³/mol. The van der Waals surface area contributed by atoms with Crippen LogP contribution in [0.1, 0.15) is 0 Å². The standard InChI is InChI=1S/Fe.3H2O/h;3*1H2/q+2;;;. The molecule has 0 aromatic carbocycles. The van der Waals surface area contributed by atoms with Crippen LogP contribution in [0.25, 0.3) is 0 Å². The Kier molecular flexibility index (Phi) is 9770. The van der Waals surface area contributed by atoms with E-state index < -0.39 is 0 Å². The second kappa shape index (κ2) is 123. The van der Waals surface area contributed by atoms with Gasteiger partial charge < -0.3 is 16.4 Å². The van der Waals surface area contributed by atoms with Crippen molar-refractivity contribution in [3.05, 3.63) is 0 Å². The Morgan fingerprint density at radius 2 is 0.500 bits per heavy atom. The van der Waals surface area contributed by atoms with Gasteiger partial charge in [0.2, 0.25) is 0 Å². The van der Waals surface area contributed by atoms with Gasteiger partial charge in [-0.2, -0.15) is 0 Å². The van der Waals surface area contributed by atoms with Gasteiger partial charge in [-0.25, -0.2) is 0 Å². The van der Waals surface area contributed by atoms with Gasteiger partial charge in [0, 0.05) is 0 Å². The molecule has 0 fully saturated rings. The Balaban J connectivity index is 0. The molecule has 30 valence electrons. The van der Waals surface area contributed by atoms with Crippen molar-refractivity contribution >= 4 is 0 Å². The van der Waals surface area contributed by atoms with Crippen LogP contribution < -0.4 is 0 Å². The first-order chi connectivity index (χ1) is 0. The van der Waals surface area contributed by atoms with Gasteiger partial charge in [0.05, 0.1) is 0 Å². The van der Waals surface area contributed by atoms with Gasteiger partial charge in [0.25, 0.3) is 0 Å². The maximum Gasteiger partial charge on any atom is 2.00 e. The zero-order valence-electron chi connectivity index (χ0n) is 1.85. The Bertz CT molecular complexity index is 3.25. The Morgan fingerprint density at radius 3 is 0.500 bits per heavy atom. The van der Waals surface area contributed by atoms with E-state index in [1.807, 2.05) is 0 Å². The van der Waals surface area contributed by atoms with Crippen molar-refractivity contribution in [3.63, 3.8) is 0 Å². The summed E-state index contributed by atoms with van der Waals surface area (Å²) in [6, 6.07) is 0. The fourth-order valence-corrected chi connectivity index (χ4v) is 0. The van der Waals surface area contributed by atoms with Crippen molar-refractivity contribution in [2.75, 3.05) is 0 Å². The fourth-order valence-electron chi connectivity index (χ4n) is 0. The van der Waals surface area contributed by atoms with Crippen molar-refractivity contribution in [2.45, 2.75) is 0 Å². The molecule has 0 aromatic rings. The second-order valence-corrected chi connectivity index (χ2v) is 0. The van der Waals surface area contributed by atoms with Crippen LogP contribution in [0.15, 0.2) is 0 Å². The van der Waals surface area contributed by atoms with Crippen LogP contribution in [0.4, 0.5) is 0 Å². The van der Waals surface area contributed by atoms with Gasteiger partial charge in [-0.3, -0.25) is 0 Å². The summed E-state index contributed by atoms with van der Waals surface area (Å²) in [6.45, 7) is 0. The first-order valence-corrected chi connectivity index (χ1v) is 0. The third-order valence-corrected chi connectivity index (χ3v) is 0. The molecule has 3 nitrogen and oxygen atoms in total. The zero-order chi connectivity index (χ0) is 0. The zero-order valence-corrected chi connectivity index (χ0v) is 2.96. The molecule has 0 rings (SSSR count). The van der Waals surface area contributed by atoms with Crippen molar-refractivity contribution in [3.8, 4) is 0 Å². The first-order valence-electron chi connectivity index (χ1n) is 0. The topological polar surface area (TPSA) is 94.5 Å². The maximum atomic E-state index is 0. The minimum Gasteiger partial charge on any atom is -0.412 e. The van der Waals surface area contributed by atoms with E-state index in [1.165, 1.54) is 0 Å². The average molecular weight is 110 g/mol. The van der Waals surface area contributed by atoms with E-state index in [2.05, 4.69) is 0 Å². The Morgan fingerprint density at radius 1 is 0.500 bits per heavy atom. The van der Waals surface area contributed by atoms with Crippen LogP contribution in [-0.2, 0) is 17.1 Å².